The molecular formula is C92H159NO18. The minimum absolute atomic E-state index is 0.226. The Morgan fingerprint density at radius 2 is 0.631 bits per heavy atom. The minimum Gasteiger partial charge on any atom is -0.394 e. The standard InChI is InChI=1S/C92H159NO18/c1-3-5-7-9-11-13-15-17-19-21-23-25-27-29-31-33-34-35-36-37-38-39-40-42-44-46-48-50-52-54-56-58-60-62-64-66-68-70-80(98)93-75(76(97)69-67-65-63-61-59-57-55-53-51-49-47-45-43-41-32-30-28-26-24-22-20-18-16-14-12-10-8-6-4-2)74-106-90-86(104)83(101)88(78(72-95)108-90)111-92-87(105)84(102)89(79(73-96)109-92)110-91-85(103)82(100)81(99)77(71-94)107-91/h5,7,11,13,17,19,23,25,29,31,34-35,37-38,51,53,59,61,67,69,75-79,81-92,94-97,99-105H,3-4,6,8-10,12,14-16,18,20-22,24,26-28,30,32-33,36,39-50,52,54-58,60,62-66,68,70-74H2,1-2H3,(H,93,98)/b7-5-,13-11-,19-17-,25-23-,31-29-,35-34-,38-37-,53-51+,61-59+,69-67+. The van der Waals surface area contributed by atoms with E-state index in [0.29, 0.717) is 12.8 Å². The average Bonchev–Trinajstić information content (AvgIpc) is 0.779. The molecule has 3 rings (SSSR count). The van der Waals surface area contributed by atoms with E-state index in [2.05, 4.69) is 129 Å². The Morgan fingerprint density at radius 3 is 1.01 bits per heavy atom. The molecule has 19 heteroatoms. The first kappa shape index (κ1) is 101. The minimum atomic E-state index is -1.99. The van der Waals surface area contributed by atoms with Crippen LogP contribution in [0.5, 0.6) is 0 Å². The van der Waals surface area contributed by atoms with Crippen molar-refractivity contribution in [3.63, 3.8) is 0 Å². The van der Waals surface area contributed by atoms with Crippen molar-refractivity contribution in [3.05, 3.63) is 122 Å². The third-order valence-electron chi connectivity index (χ3n) is 21.2. The van der Waals surface area contributed by atoms with E-state index < -0.39 is 124 Å². The fraction of sp³-hybridized carbons (Fsp3) is 0.772. The molecule has 3 aliphatic heterocycles. The van der Waals surface area contributed by atoms with Crippen molar-refractivity contribution in [1.29, 1.82) is 0 Å². The summed E-state index contributed by atoms with van der Waals surface area (Å²) in [5.74, 6) is -0.291. The van der Waals surface area contributed by atoms with E-state index in [1.54, 1.807) is 6.08 Å². The van der Waals surface area contributed by atoms with Crippen molar-refractivity contribution in [2.45, 2.75) is 426 Å². The molecule has 3 aliphatic rings. The molecule has 0 aromatic heterocycles. The number of ether oxygens (including phenoxy) is 6. The highest BCUT2D eigenvalue weighted by Crippen LogP contribution is 2.33. The molecule has 111 heavy (non-hydrogen) atoms. The van der Waals surface area contributed by atoms with Crippen LogP contribution in [-0.2, 0) is 33.2 Å². The number of carbonyl (C=O) groups is 1. The van der Waals surface area contributed by atoms with Crippen molar-refractivity contribution in [2.24, 2.45) is 0 Å². The maximum Gasteiger partial charge on any atom is 0.220 e. The van der Waals surface area contributed by atoms with E-state index in [1.165, 1.54) is 186 Å². The first-order chi connectivity index (χ1) is 54.3. The first-order valence-corrected chi connectivity index (χ1v) is 44.3. The number of aliphatic hydroxyl groups is 11. The summed E-state index contributed by atoms with van der Waals surface area (Å²) in [6.45, 7) is 1.63. The van der Waals surface area contributed by atoms with Crippen LogP contribution in [0, 0.1) is 0 Å². The molecule has 0 spiro atoms. The van der Waals surface area contributed by atoms with Gasteiger partial charge in [0.05, 0.1) is 38.6 Å². The van der Waals surface area contributed by atoms with Gasteiger partial charge in [-0.1, -0.05) is 334 Å². The van der Waals surface area contributed by atoms with Gasteiger partial charge in [0.1, 0.15) is 73.2 Å². The molecule has 0 aromatic carbocycles. The average molecular weight is 1570 g/mol. The largest absolute Gasteiger partial charge is 0.394 e. The van der Waals surface area contributed by atoms with Gasteiger partial charge in [0.15, 0.2) is 18.9 Å². The molecule has 1 amide bonds. The number of hydrogen-bond donors (Lipinski definition) is 12. The Balaban J connectivity index is 1.35. The van der Waals surface area contributed by atoms with Gasteiger partial charge in [-0.3, -0.25) is 4.79 Å². The molecule has 0 aromatic rings. The summed E-state index contributed by atoms with van der Waals surface area (Å²) in [4.78, 5) is 13.5. The van der Waals surface area contributed by atoms with Crippen LogP contribution < -0.4 is 5.32 Å². The summed E-state index contributed by atoms with van der Waals surface area (Å²) >= 11 is 0. The lowest BCUT2D eigenvalue weighted by Gasteiger charge is -2.48. The van der Waals surface area contributed by atoms with Crippen LogP contribution in [0.25, 0.3) is 0 Å². The maximum absolute atomic E-state index is 13.5. The topological polar surface area (TPSA) is 307 Å². The van der Waals surface area contributed by atoms with Crippen molar-refractivity contribution >= 4 is 5.91 Å². The molecule has 0 radical (unpaired) electrons. The molecule has 3 fully saturated rings. The number of nitrogens with one attached hydrogen (secondary N) is 1. The highest BCUT2D eigenvalue weighted by atomic mass is 16.8. The molecule has 17 unspecified atom stereocenters. The van der Waals surface area contributed by atoms with Gasteiger partial charge in [0.25, 0.3) is 0 Å². The van der Waals surface area contributed by atoms with E-state index in [0.717, 1.165) is 103 Å². The third kappa shape index (κ3) is 49.1. The lowest BCUT2D eigenvalue weighted by atomic mass is 9.96. The summed E-state index contributed by atoms with van der Waals surface area (Å²) in [5, 5.41) is 121. The Labute approximate surface area is 671 Å². The van der Waals surface area contributed by atoms with Crippen LogP contribution in [0.3, 0.4) is 0 Å². The van der Waals surface area contributed by atoms with Gasteiger partial charge in [0, 0.05) is 6.42 Å². The zero-order valence-corrected chi connectivity index (χ0v) is 68.9. The fourth-order valence-corrected chi connectivity index (χ4v) is 14.2. The number of unbranched alkanes of at least 4 members (excludes halogenated alkanes) is 36. The van der Waals surface area contributed by atoms with Crippen molar-refractivity contribution < 1.29 is 89.4 Å². The highest BCUT2D eigenvalue weighted by Gasteiger charge is 2.54. The van der Waals surface area contributed by atoms with E-state index in [4.69, 9.17) is 28.4 Å². The second-order valence-corrected chi connectivity index (χ2v) is 31.0. The van der Waals surface area contributed by atoms with Gasteiger partial charge in [0.2, 0.25) is 5.91 Å². The van der Waals surface area contributed by atoms with Gasteiger partial charge in [-0.15, -0.1) is 0 Å². The van der Waals surface area contributed by atoms with Crippen LogP contribution in [0.1, 0.15) is 322 Å². The zero-order chi connectivity index (χ0) is 80.3. The molecule has 3 saturated heterocycles. The van der Waals surface area contributed by atoms with Gasteiger partial charge >= 0.3 is 0 Å². The Hall–Kier alpha value is -3.81. The lowest BCUT2D eigenvalue weighted by Crippen LogP contribution is -2.66. The Bertz CT molecular complexity index is 2480. The second kappa shape index (κ2) is 70.4. The zero-order valence-electron chi connectivity index (χ0n) is 68.9. The van der Waals surface area contributed by atoms with Gasteiger partial charge in [-0.2, -0.15) is 0 Å². The van der Waals surface area contributed by atoms with E-state index in [9.17, 15) is 61.0 Å². The molecule has 640 valence electrons. The summed E-state index contributed by atoms with van der Waals surface area (Å²) in [5.41, 5.74) is 0. The van der Waals surface area contributed by atoms with Gasteiger partial charge < -0.3 is 89.9 Å². The number of amides is 1. The molecule has 0 bridgehead atoms. The Morgan fingerprint density at radius 1 is 0.333 bits per heavy atom. The first-order valence-electron chi connectivity index (χ1n) is 44.3. The summed E-state index contributed by atoms with van der Waals surface area (Å²) in [6.07, 6.45) is 73.4. The molecule has 19 nitrogen and oxygen atoms in total. The number of aliphatic hydroxyl groups excluding tert-OH is 11. The molecule has 0 saturated carbocycles. The molecular weight excluding hydrogens is 1410 g/mol. The molecule has 17 atom stereocenters. The van der Waals surface area contributed by atoms with Crippen molar-refractivity contribution in [1.82, 2.24) is 5.32 Å². The molecule has 12 N–H and O–H groups in total. The smallest absolute Gasteiger partial charge is 0.220 e. The van der Waals surface area contributed by atoms with E-state index in [-0.39, 0.29) is 18.9 Å². The normalized spacial score (nSPS) is 25.6. The quantitative estimate of drug-likeness (QED) is 0.0199. The van der Waals surface area contributed by atoms with Gasteiger partial charge in [-0.25, -0.2) is 0 Å². The fourth-order valence-electron chi connectivity index (χ4n) is 14.2. The highest BCUT2D eigenvalue weighted by molar-refractivity contribution is 5.76. The molecule has 3 heterocycles. The lowest BCUT2D eigenvalue weighted by molar-refractivity contribution is -0.379. The van der Waals surface area contributed by atoms with Crippen molar-refractivity contribution in [2.75, 3.05) is 26.4 Å². The maximum atomic E-state index is 13.5. The number of carbonyl (C=O) groups excluding carboxylic acids is 1. The number of hydrogen-bond acceptors (Lipinski definition) is 18. The van der Waals surface area contributed by atoms with Crippen LogP contribution in [0.2, 0.25) is 0 Å². The van der Waals surface area contributed by atoms with Crippen LogP contribution in [-0.4, -0.2) is 193 Å². The van der Waals surface area contributed by atoms with E-state index in [1.807, 2.05) is 6.08 Å². The predicted octanol–water partition coefficient (Wildman–Crippen LogP) is 16.6. The molecule has 0 aliphatic carbocycles. The summed E-state index contributed by atoms with van der Waals surface area (Å²) < 4.78 is 34.5. The monoisotopic (exact) mass is 1570 g/mol. The van der Waals surface area contributed by atoms with Gasteiger partial charge in [-0.05, 0) is 103 Å². The van der Waals surface area contributed by atoms with Crippen LogP contribution >= 0.6 is 0 Å². The summed E-state index contributed by atoms with van der Waals surface area (Å²) in [7, 11) is 0. The third-order valence-corrected chi connectivity index (χ3v) is 21.2. The summed E-state index contributed by atoms with van der Waals surface area (Å²) in [6, 6.07) is -1.01. The Kier molecular flexibility index (Phi) is 64.3. The van der Waals surface area contributed by atoms with E-state index >= 15 is 0 Å². The number of allylic oxidation sites excluding steroid dienone is 19. The van der Waals surface area contributed by atoms with Crippen LogP contribution in [0.15, 0.2) is 122 Å². The van der Waals surface area contributed by atoms with Crippen LogP contribution in [0.4, 0.5) is 0 Å². The van der Waals surface area contributed by atoms with Crippen molar-refractivity contribution in [3.8, 4) is 0 Å². The SMILES string of the molecule is CC/C=C\C/C=C\C/C=C\C/C=C\C/C=C\C/C=C\C/C=C\CCCCCCCCCCCCCCCCCC(=O)NC(COC1OC(CO)C(OC2OC(CO)C(OC3OC(CO)C(O)C(O)C3O)C(O)C2O)C(O)C1O)C(O)/C=C/CC/C=C/CC/C=C/CCCCCCCCCCCCCCCCCCCCC. The predicted molar refractivity (Wildman–Crippen MR) is 447 cm³/mol. The number of rotatable bonds is 70. The second-order valence-electron chi connectivity index (χ2n) is 31.0.